The molecule has 1 aromatic carbocycles. The van der Waals surface area contributed by atoms with Gasteiger partial charge in [-0.3, -0.25) is 0 Å². The molecule has 0 amide bonds. The quantitative estimate of drug-likeness (QED) is 0.257. The fourth-order valence-corrected chi connectivity index (χ4v) is 1.75. The molecule has 0 atom stereocenters. The highest BCUT2D eigenvalue weighted by molar-refractivity contribution is 7.98. The predicted molar refractivity (Wildman–Crippen MR) is 72.0 cm³/mol. The molecule has 0 fully saturated rings. The molecule has 0 aromatic heterocycles. The van der Waals surface area contributed by atoms with Crippen molar-refractivity contribution in [2.75, 3.05) is 18.6 Å². The van der Waals surface area contributed by atoms with Crippen LogP contribution in [0.3, 0.4) is 0 Å². The van der Waals surface area contributed by atoms with Gasteiger partial charge in [-0.25, -0.2) is 0 Å². The van der Waals surface area contributed by atoms with Crippen LogP contribution in [0, 0.1) is 0 Å². The molecule has 3 N–H and O–H groups in total. The molecule has 0 unspecified atom stereocenters. The summed E-state index contributed by atoms with van der Waals surface area (Å²) in [5.41, 5.74) is 6.42. The number of nitrogens with two attached hydrogens (primary N) is 1. The molecule has 94 valence electrons. The number of amidine groups is 1. The van der Waals surface area contributed by atoms with E-state index >= 15 is 0 Å². The topological polar surface area (TPSA) is 67.8 Å². The Balaban J connectivity index is 2.39. The zero-order valence-electron chi connectivity index (χ0n) is 9.93. The molecule has 0 aliphatic carbocycles. The van der Waals surface area contributed by atoms with E-state index in [9.17, 15) is 0 Å². The van der Waals surface area contributed by atoms with Gasteiger partial charge in [0, 0.05) is 6.42 Å². The first-order valence-corrected chi connectivity index (χ1v) is 6.82. The van der Waals surface area contributed by atoms with Crippen LogP contribution in [0.25, 0.3) is 0 Å². The molecule has 0 spiro atoms. The Morgan fingerprint density at radius 3 is 2.71 bits per heavy atom. The van der Waals surface area contributed by atoms with Gasteiger partial charge in [-0.05, 0) is 36.1 Å². The lowest BCUT2D eigenvalue weighted by atomic mass is 10.1. The summed E-state index contributed by atoms with van der Waals surface area (Å²) in [5.74, 6) is 2.18. The van der Waals surface area contributed by atoms with E-state index in [1.165, 1.54) is 0 Å². The van der Waals surface area contributed by atoms with Crippen molar-refractivity contribution in [1.82, 2.24) is 0 Å². The zero-order chi connectivity index (χ0) is 12.5. The average molecular weight is 254 g/mol. The number of ether oxygens (including phenoxy) is 1. The van der Waals surface area contributed by atoms with Crippen molar-refractivity contribution in [3.63, 3.8) is 0 Å². The highest BCUT2D eigenvalue weighted by atomic mass is 32.2. The molecule has 0 saturated carbocycles. The van der Waals surface area contributed by atoms with Gasteiger partial charge in [-0.2, -0.15) is 11.8 Å². The van der Waals surface area contributed by atoms with E-state index in [1.807, 2.05) is 36.0 Å². The van der Waals surface area contributed by atoms with Gasteiger partial charge in [0.15, 0.2) is 0 Å². The van der Waals surface area contributed by atoms with Crippen molar-refractivity contribution in [3.05, 3.63) is 29.8 Å². The highest BCUT2D eigenvalue weighted by Gasteiger charge is 1.98. The van der Waals surface area contributed by atoms with E-state index in [1.54, 1.807) is 0 Å². The number of benzene rings is 1. The maximum absolute atomic E-state index is 8.45. The number of nitrogens with zero attached hydrogens (tertiary/aromatic N) is 1. The molecule has 0 bridgehead atoms. The summed E-state index contributed by atoms with van der Waals surface area (Å²) in [6.07, 6.45) is 3.58. The van der Waals surface area contributed by atoms with E-state index < -0.39 is 0 Å². The Bertz CT molecular complexity index is 352. The van der Waals surface area contributed by atoms with Crippen molar-refractivity contribution < 1.29 is 9.94 Å². The average Bonchev–Trinajstić information content (AvgIpc) is 2.36. The Hall–Kier alpha value is -1.36. The number of hydrogen-bond donors (Lipinski definition) is 2. The number of hydrogen-bond acceptors (Lipinski definition) is 4. The third-order valence-electron chi connectivity index (χ3n) is 2.20. The van der Waals surface area contributed by atoms with E-state index in [4.69, 9.17) is 15.7 Å². The van der Waals surface area contributed by atoms with Crippen molar-refractivity contribution >= 4 is 17.6 Å². The van der Waals surface area contributed by atoms with Gasteiger partial charge < -0.3 is 15.7 Å². The standard InChI is InChI=1S/C12H18N2O2S/c1-17-8-2-7-16-11-5-3-10(4-6-11)9-12(13)14-15/h3-6,15H,2,7-9H2,1H3,(H2,13,14). The second-order valence-electron chi connectivity index (χ2n) is 3.61. The Morgan fingerprint density at radius 2 is 2.12 bits per heavy atom. The molecule has 0 radical (unpaired) electrons. The van der Waals surface area contributed by atoms with Crippen molar-refractivity contribution in [3.8, 4) is 5.75 Å². The molecular formula is C12H18N2O2S. The van der Waals surface area contributed by atoms with Crippen molar-refractivity contribution in [2.45, 2.75) is 12.8 Å². The molecule has 1 aromatic rings. The van der Waals surface area contributed by atoms with Gasteiger partial charge in [0.25, 0.3) is 0 Å². The third-order valence-corrected chi connectivity index (χ3v) is 2.90. The summed E-state index contributed by atoms with van der Waals surface area (Å²) < 4.78 is 5.57. The Labute approximate surface area is 106 Å². The second kappa shape index (κ2) is 7.84. The van der Waals surface area contributed by atoms with E-state index in [-0.39, 0.29) is 5.84 Å². The van der Waals surface area contributed by atoms with E-state index in [2.05, 4.69) is 11.4 Å². The van der Waals surface area contributed by atoms with Gasteiger partial charge in [0.2, 0.25) is 0 Å². The molecule has 1 rings (SSSR count). The minimum atomic E-state index is 0.207. The summed E-state index contributed by atoms with van der Waals surface area (Å²) >= 11 is 1.82. The third kappa shape index (κ3) is 5.49. The lowest BCUT2D eigenvalue weighted by Crippen LogP contribution is -2.14. The minimum absolute atomic E-state index is 0.207. The molecule has 0 aliphatic heterocycles. The fourth-order valence-electron chi connectivity index (χ4n) is 1.34. The Morgan fingerprint density at radius 1 is 1.41 bits per heavy atom. The zero-order valence-corrected chi connectivity index (χ0v) is 10.7. The maximum atomic E-state index is 8.45. The van der Waals surface area contributed by atoms with Gasteiger partial charge >= 0.3 is 0 Å². The monoisotopic (exact) mass is 254 g/mol. The van der Waals surface area contributed by atoms with Crippen LogP contribution in [0.15, 0.2) is 29.4 Å². The number of thioether (sulfide) groups is 1. The second-order valence-corrected chi connectivity index (χ2v) is 4.59. The Kier molecular flexibility index (Phi) is 6.32. The van der Waals surface area contributed by atoms with Crippen molar-refractivity contribution in [1.29, 1.82) is 0 Å². The fraction of sp³-hybridized carbons (Fsp3) is 0.417. The van der Waals surface area contributed by atoms with Crippen LogP contribution in [0.4, 0.5) is 0 Å². The van der Waals surface area contributed by atoms with Crippen LogP contribution in [0.2, 0.25) is 0 Å². The normalized spacial score (nSPS) is 11.5. The first kappa shape index (κ1) is 13.7. The van der Waals surface area contributed by atoms with Crippen LogP contribution in [-0.2, 0) is 6.42 Å². The van der Waals surface area contributed by atoms with Gasteiger partial charge in [-0.15, -0.1) is 0 Å². The molecule has 5 heteroatoms. The predicted octanol–water partition coefficient (Wildman–Crippen LogP) is 2.11. The largest absolute Gasteiger partial charge is 0.494 e. The summed E-state index contributed by atoms with van der Waals surface area (Å²) in [6.45, 7) is 0.737. The lowest BCUT2D eigenvalue weighted by molar-refractivity contribution is 0.317. The van der Waals surface area contributed by atoms with Crippen LogP contribution in [0.1, 0.15) is 12.0 Å². The smallest absolute Gasteiger partial charge is 0.143 e. The van der Waals surface area contributed by atoms with Crippen LogP contribution in [0.5, 0.6) is 5.75 Å². The van der Waals surface area contributed by atoms with E-state index in [0.717, 1.165) is 30.1 Å². The summed E-state index contributed by atoms with van der Waals surface area (Å²) in [5, 5.41) is 11.4. The van der Waals surface area contributed by atoms with Crippen LogP contribution < -0.4 is 10.5 Å². The first-order chi connectivity index (χ1) is 8.26. The number of rotatable bonds is 7. The SMILES string of the molecule is CSCCCOc1ccc(C/C(N)=N/O)cc1. The van der Waals surface area contributed by atoms with Gasteiger partial charge in [-0.1, -0.05) is 17.3 Å². The van der Waals surface area contributed by atoms with Gasteiger partial charge in [0.05, 0.1) is 6.61 Å². The van der Waals surface area contributed by atoms with Gasteiger partial charge in [0.1, 0.15) is 11.6 Å². The lowest BCUT2D eigenvalue weighted by Gasteiger charge is -2.06. The van der Waals surface area contributed by atoms with Crippen LogP contribution in [-0.4, -0.2) is 29.7 Å². The molecule has 4 nitrogen and oxygen atoms in total. The van der Waals surface area contributed by atoms with Crippen LogP contribution >= 0.6 is 11.8 Å². The summed E-state index contributed by atoms with van der Waals surface area (Å²) in [7, 11) is 0. The molecule has 0 saturated heterocycles. The molecule has 0 heterocycles. The van der Waals surface area contributed by atoms with E-state index in [0.29, 0.717) is 6.42 Å². The highest BCUT2D eigenvalue weighted by Crippen LogP contribution is 2.13. The summed E-state index contributed by atoms with van der Waals surface area (Å²) in [6, 6.07) is 7.64. The molecule has 0 aliphatic rings. The summed E-state index contributed by atoms with van der Waals surface area (Å²) in [4.78, 5) is 0. The van der Waals surface area contributed by atoms with Crippen molar-refractivity contribution in [2.24, 2.45) is 10.9 Å². The number of oxime groups is 1. The maximum Gasteiger partial charge on any atom is 0.143 e. The first-order valence-electron chi connectivity index (χ1n) is 5.43. The minimum Gasteiger partial charge on any atom is -0.494 e. The molecular weight excluding hydrogens is 236 g/mol. The molecule has 17 heavy (non-hydrogen) atoms.